The molecule has 128 valence electrons. The Morgan fingerprint density at radius 3 is 1.17 bits per heavy atom. The maximum Gasteiger partial charge on any atom is 0.336 e. The van der Waals surface area contributed by atoms with Crippen LogP contribution in [0.5, 0.6) is 0 Å². The highest BCUT2D eigenvalue weighted by atomic mass is 32.2. The van der Waals surface area contributed by atoms with E-state index in [4.69, 9.17) is 19.3 Å². The van der Waals surface area contributed by atoms with Crippen LogP contribution in [-0.4, -0.2) is 48.1 Å². The standard InChI is InChI=1S/C12H8O10S2/c13-11(14)9-4-6(24(20,21)22)2-8-7(9)1-5(23(17,18)19)3-10(8)12(15)16/h1-4H,(H,13,14)(H,15,16)(H,17,18,19)(H,20,21,22). The molecular formula is C12H8O10S2. The SMILES string of the molecule is O=C(O)c1cc(S(=O)(=O)O)cc2c(C(=O)O)cc(S(=O)(=O)O)cc12. The highest BCUT2D eigenvalue weighted by Gasteiger charge is 2.23. The number of aromatic carboxylic acids is 2. The molecule has 4 N–H and O–H groups in total. The van der Waals surface area contributed by atoms with Crippen LogP contribution in [0, 0.1) is 0 Å². The second-order valence-corrected chi connectivity index (χ2v) is 7.44. The summed E-state index contributed by atoms with van der Waals surface area (Å²) in [5.74, 6) is -3.40. The Morgan fingerprint density at radius 2 is 0.958 bits per heavy atom. The molecule has 0 heterocycles. The van der Waals surface area contributed by atoms with Crippen molar-refractivity contribution in [2.45, 2.75) is 9.79 Å². The third-order valence-corrected chi connectivity index (χ3v) is 4.74. The molecule has 0 fully saturated rings. The van der Waals surface area contributed by atoms with E-state index in [1.165, 1.54) is 0 Å². The zero-order valence-corrected chi connectivity index (χ0v) is 13.0. The van der Waals surface area contributed by atoms with Gasteiger partial charge >= 0.3 is 11.9 Å². The van der Waals surface area contributed by atoms with Gasteiger partial charge < -0.3 is 10.2 Å². The van der Waals surface area contributed by atoms with Gasteiger partial charge in [-0.15, -0.1) is 0 Å². The number of benzene rings is 2. The van der Waals surface area contributed by atoms with Crippen LogP contribution in [0.25, 0.3) is 10.8 Å². The van der Waals surface area contributed by atoms with Crippen molar-refractivity contribution >= 4 is 42.9 Å². The summed E-state index contributed by atoms with van der Waals surface area (Å²) in [5, 5.41) is 17.4. The molecule has 24 heavy (non-hydrogen) atoms. The number of carbonyl (C=O) groups is 2. The summed E-state index contributed by atoms with van der Waals surface area (Å²) in [7, 11) is -9.71. The largest absolute Gasteiger partial charge is 0.478 e. The first kappa shape index (κ1) is 17.8. The quantitative estimate of drug-likeness (QED) is 0.555. The molecule has 0 aromatic heterocycles. The number of hydrogen-bond donors (Lipinski definition) is 4. The van der Waals surface area contributed by atoms with Gasteiger partial charge in [0.15, 0.2) is 0 Å². The van der Waals surface area contributed by atoms with Gasteiger partial charge in [-0.3, -0.25) is 9.11 Å². The number of carboxylic acid groups (broad SMARTS) is 2. The first-order chi connectivity index (χ1) is 10.8. The number of rotatable bonds is 4. The van der Waals surface area contributed by atoms with Crippen molar-refractivity contribution < 1.29 is 45.7 Å². The lowest BCUT2D eigenvalue weighted by Crippen LogP contribution is -2.08. The van der Waals surface area contributed by atoms with E-state index in [9.17, 15) is 26.4 Å². The molecule has 2 aromatic rings. The summed E-state index contributed by atoms with van der Waals surface area (Å²) in [4.78, 5) is 20.8. The molecular weight excluding hydrogens is 368 g/mol. The topological polar surface area (TPSA) is 183 Å². The molecule has 0 saturated carbocycles. The van der Waals surface area contributed by atoms with Gasteiger partial charge in [0.2, 0.25) is 0 Å². The molecule has 0 atom stereocenters. The predicted molar refractivity (Wildman–Crippen MR) is 77.5 cm³/mol. The van der Waals surface area contributed by atoms with Gasteiger partial charge in [0.05, 0.1) is 20.9 Å². The maximum absolute atomic E-state index is 11.3. The maximum atomic E-state index is 11.3. The van der Waals surface area contributed by atoms with Crippen molar-refractivity contribution in [1.82, 2.24) is 0 Å². The van der Waals surface area contributed by atoms with Gasteiger partial charge in [-0.2, -0.15) is 16.8 Å². The molecule has 0 aliphatic rings. The Hall–Kier alpha value is -2.54. The van der Waals surface area contributed by atoms with Crippen LogP contribution >= 0.6 is 0 Å². The second-order valence-electron chi connectivity index (χ2n) is 4.60. The van der Waals surface area contributed by atoms with E-state index >= 15 is 0 Å². The van der Waals surface area contributed by atoms with Gasteiger partial charge in [0.1, 0.15) is 0 Å². The lowest BCUT2D eigenvalue weighted by atomic mass is 10.00. The van der Waals surface area contributed by atoms with Crippen molar-refractivity contribution in [2.75, 3.05) is 0 Å². The van der Waals surface area contributed by atoms with Gasteiger partial charge in [0, 0.05) is 0 Å². The summed E-state index contributed by atoms with van der Waals surface area (Å²) in [5.41, 5.74) is -1.54. The average molecular weight is 376 g/mol. The Kier molecular flexibility index (Phi) is 4.10. The highest BCUT2D eigenvalue weighted by molar-refractivity contribution is 7.86. The summed E-state index contributed by atoms with van der Waals surface area (Å²) in [6.45, 7) is 0. The van der Waals surface area contributed by atoms with Crippen molar-refractivity contribution in [3.63, 3.8) is 0 Å². The fourth-order valence-electron chi connectivity index (χ4n) is 2.06. The zero-order valence-electron chi connectivity index (χ0n) is 11.4. The monoisotopic (exact) mass is 376 g/mol. The second kappa shape index (κ2) is 5.52. The van der Waals surface area contributed by atoms with E-state index in [0.29, 0.717) is 24.3 Å². The Balaban J connectivity index is 3.14. The molecule has 0 radical (unpaired) electrons. The van der Waals surface area contributed by atoms with Gasteiger partial charge in [-0.25, -0.2) is 9.59 Å². The molecule has 12 heteroatoms. The van der Waals surface area contributed by atoms with Crippen molar-refractivity contribution in [3.8, 4) is 0 Å². The van der Waals surface area contributed by atoms with Crippen LogP contribution in [0.4, 0.5) is 0 Å². The molecule has 0 aliphatic carbocycles. The summed E-state index contributed by atoms with van der Waals surface area (Å²) < 4.78 is 63.1. The van der Waals surface area contributed by atoms with Crippen LogP contribution in [0.2, 0.25) is 0 Å². The van der Waals surface area contributed by atoms with Crippen molar-refractivity contribution in [1.29, 1.82) is 0 Å². The molecule has 10 nitrogen and oxygen atoms in total. The summed E-state index contributed by atoms with van der Waals surface area (Å²) >= 11 is 0. The number of carboxylic acids is 2. The van der Waals surface area contributed by atoms with Crippen LogP contribution in [0.15, 0.2) is 34.1 Å². The minimum absolute atomic E-state index is 0.442. The lowest BCUT2D eigenvalue weighted by molar-refractivity contribution is 0.0686. The van der Waals surface area contributed by atoms with Crippen LogP contribution < -0.4 is 0 Å². The van der Waals surface area contributed by atoms with E-state index in [2.05, 4.69) is 0 Å². The molecule has 0 aliphatic heterocycles. The molecule has 0 bridgehead atoms. The summed E-state index contributed by atoms with van der Waals surface area (Å²) in [6, 6.07) is 2.46. The van der Waals surface area contributed by atoms with E-state index in [-0.39, 0.29) is 0 Å². The van der Waals surface area contributed by atoms with Gasteiger partial charge in [0.25, 0.3) is 20.2 Å². The number of fused-ring (bicyclic) bond motifs is 1. The van der Waals surface area contributed by atoms with Crippen molar-refractivity contribution in [3.05, 3.63) is 35.4 Å². The third kappa shape index (κ3) is 3.21. The minimum Gasteiger partial charge on any atom is -0.478 e. The third-order valence-electron chi connectivity index (χ3n) is 3.07. The van der Waals surface area contributed by atoms with Crippen LogP contribution in [-0.2, 0) is 20.2 Å². The van der Waals surface area contributed by atoms with Gasteiger partial charge in [-0.1, -0.05) is 0 Å². The van der Waals surface area contributed by atoms with E-state index in [1.807, 2.05) is 0 Å². The molecule has 0 amide bonds. The Labute approximate surface area is 134 Å². The first-order valence-electron chi connectivity index (χ1n) is 5.85. The summed E-state index contributed by atoms with van der Waals surface area (Å²) in [6.07, 6.45) is 0. The smallest absolute Gasteiger partial charge is 0.336 e. The molecule has 0 spiro atoms. The van der Waals surface area contributed by atoms with E-state index in [1.54, 1.807) is 0 Å². The minimum atomic E-state index is -4.86. The van der Waals surface area contributed by atoms with E-state index < -0.39 is 63.9 Å². The average Bonchev–Trinajstić information content (AvgIpc) is 2.42. The lowest BCUT2D eigenvalue weighted by Gasteiger charge is -2.10. The molecule has 2 aromatic carbocycles. The van der Waals surface area contributed by atoms with Crippen LogP contribution in [0.1, 0.15) is 20.7 Å². The predicted octanol–water partition coefficient (Wildman–Crippen LogP) is 0.730. The molecule has 2 rings (SSSR count). The van der Waals surface area contributed by atoms with Crippen molar-refractivity contribution in [2.24, 2.45) is 0 Å². The first-order valence-corrected chi connectivity index (χ1v) is 8.74. The highest BCUT2D eigenvalue weighted by Crippen LogP contribution is 2.30. The normalized spacial score (nSPS) is 12.2. The molecule has 0 unspecified atom stereocenters. The Morgan fingerprint density at radius 1 is 0.667 bits per heavy atom. The zero-order chi connectivity index (χ0) is 18.4. The molecule has 0 saturated heterocycles. The van der Waals surface area contributed by atoms with E-state index in [0.717, 1.165) is 0 Å². The Bertz CT molecular complexity index is 1010. The number of hydrogen-bond acceptors (Lipinski definition) is 6. The van der Waals surface area contributed by atoms with Crippen LogP contribution in [0.3, 0.4) is 0 Å². The van der Waals surface area contributed by atoms with Gasteiger partial charge in [-0.05, 0) is 35.0 Å². The fourth-order valence-corrected chi connectivity index (χ4v) is 3.13. The fraction of sp³-hybridized carbons (Fsp3) is 0.